The molecule has 0 aromatic carbocycles. The van der Waals surface area contributed by atoms with Gasteiger partial charge in [-0.1, -0.05) is 6.07 Å². The third-order valence-electron chi connectivity index (χ3n) is 2.45. The van der Waals surface area contributed by atoms with E-state index in [0.29, 0.717) is 12.2 Å². The normalized spacial score (nSPS) is 12.1. The SMILES string of the molecule is CC(CC(=O)Nc1ccccn1)n1ccnc1. The van der Waals surface area contributed by atoms with Gasteiger partial charge < -0.3 is 9.88 Å². The third kappa shape index (κ3) is 3.14. The molecule has 0 bridgehead atoms. The number of carbonyl (C=O) groups is 1. The second-order valence-corrected chi connectivity index (χ2v) is 3.83. The second-order valence-electron chi connectivity index (χ2n) is 3.83. The summed E-state index contributed by atoms with van der Waals surface area (Å²) in [5, 5.41) is 2.75. The molecular weight excluding hydrogens is 216 g/mol. The van der Waals surface area contributed by atoms with E-state index in [1.165, 1.54) is 0 Å². The maximum absolute atomic E-state index is 11.7. The minimum atomic E-state index is -0.0510. The first-order chi connectivity index (χ1) is 8.25. The van der Waals surface area contributed by atoms with Gasteiger partial charge in [-0.2, -0.15) is 0 Å². The van der Waals surface area contributed by atoms with Crippen LogP contribution in [0.3, 0.4) is 0 Å². The quantitative estimate of drug-likeness (QED) is 0.872. The summed E-state index contributed by atoms with van der Waals surface area (Å²) in [6.45, 7) is 1.97. The van der Waals surface area contributed by atoms with Crippen LogP contribution >= 0.6 is 0 Å². The highest BCUT2D eigenvalue weighted by Gasteiger charge is 2.10. The van der Waals surface area contributed by atoms with E-state index in [0.717, 1.165) is 0 Å². The van der Waals surface area contributed by atoms with Crippen LogP contribution in [0.4, 0.5) is 5.82 Å². The Balaban J connectivity index is 1.90. The number of carbonyl (C=O) groups excluding carboxylic acids is 1. The van der Waals surface area contributed by atoms with Crippen LogP contribution < -0.4 is 5.32 Å². The Morgan fingerprint density at radius 3 is 3.00 bits per heavy atom. The predicted octanol–water partition coefficient (Wildman–Crippen LogP) is 1.87. The average Bonchev–Trinajstić information content (AvgIpc) is 2.83. The molecule has 0 aliphatic heterocycles. The van der Waals surface area contributed by atoms with E-state index in [4.69, 9.17) is 0 Å². The molecule has 2 aromatic rings. The highest BCUT2D eigenvalue weighted by atomic mass is 16.1. The standard InChI is InChI=1S/C12H14N4O/c1-10(16-7-6-13-9-16)8-12(17)15-11-4-2-3-5-14-11/h2-7,9-10H,8H2,1H3,(H,14,15,17). The lowest BCUT2D eigenvalue weighted by Crippen LogP contribution is -2.17. The maximum Gasteiger partial charge on any atom is 0.227 e. The molecule has 2 rings (SSSR count). The van der Waals surface area contributed by atoms with Gasteiger partial charge in [-0.15, -0.1) is 0 Å². The molecule has 0 fully saturated rings. The molecular formula is C12H14N4O. The number of nitrogens with one attached hydrogen (secondary N) is 1. The highest BCUT2D eigenvalue weighted by Crippen LogP contribution is 2.11. The number of pyridine rings is 1. The Morgan fingerprint density at radius 2 is 2.35 bits per heavy atom. The van der Waals surface area contributed by atoms with Gasteiger partial charge in [0, 0.05) is 31.1 Å². The average molecular weight is 230 g/mol. The predicted molar refractivity (Wildman–Crippen MR) is 64.4 cm³/mol. The summed E-state index contributed by atoms with van der Waals surface area (Å²) in [4.78, 5) is 19.7. The van der Waals surface area contributed by atoms with Crippen molar-refractivity contribution < 1.29 is 4.79 Å². The van der Waals surface area contributed by atoms with Crippen molar-refractivity contribution in [3.8, 4) is 0 Å². The van der Waals surface area contributed by atoms with Crippen molar-refractivity contribution in [3.05, 3.63) is 43.1 Å². The highest BCUT2D eigenvalue weighted by molar-refractivity contribution is 5.89. The van der Waals surface area contributed by atoms with Crippen LogP contribution in [0.25, 0.3) is 0 Å². The van der Waals surface area contributed by atoms with E-state index in [2.05, 4.69) is 15.3 Å². The van der Waals surface area contributed by atoms with Crippen LogP contribution in [-0.4, -0.2) is 20.4 Å². The molecule has 0 aliphatic rings. The summed E-state index contributed by atoms with van der Waals surface area (Å²) in [6.07, 6.45) is 7.30. The van der Waals surface area contributed by atoms with E-state index < -0.39 is 0 Å². The van der Waals surface area contributed by atoms with Gasteiger partial charge in [-0.05, 0) is 19.1 Å². The van der Waals surface area contributed by atoms with Gasteiger partial charge in [-0.25, -0.2) is 9.97 Å². The zero-order valence-electron chi connectivity index (χ0n) is 9.58. The lowest BCUT2D eigenvalue weighted by Gasteiger charge is -2.12. The van der Waals surface area contributed by atoms with Crippen molar-refractivity contribution in [1.29, 1.82) is 0 Å². The number of imidazole rings is 1. The Kier molecular flexibility index (Phi) is 3.49. The number of hydrogen-bond acceptors (Lipinski definition) is 3. The molecule has 1 unspecified atom stereocenters. The van der Waals surface area contributed by atoms with Gasteiger partial charge in [0.15, 0.2) is 0 Å². The molecule has 88 valence electrons. The first-order valence-corrected chi connectivity index (χ1v) is 5.44. The number of anilines is 1. The molecule has 5 nitrogen and oxygen atoms in total. The van der Waals surface area contributed by atoms with Gasteiger partial charge in [0.05, 0.1) is 6.33 Å². The molecule has 2 heterocycles. The summed E-state index contributed by atoms with van der Waals surface area (Å²) < 4.78 is 1.90. The zero-order chi connectivity index (χ0) is 12.1. The fourth-order valence-electron chi connectivity index (χ4n) is 1.53. The van der Waals surface area contributed by atoms with E-state index in [1.54, 1.807) is 24.8 Å². The largest absolute Gasteiger partial charge is 0.334 e. The summed E-state index contributed by atoms with van der Waals surface area (Å²) in [7, 11) is 0. The van der Waals surface area contributed by atoms with E-state index >= 15 is 0 Å². The van der Waals surface area contributed by atoms with Crippen LogP contribution in [0.15, 0.2) is 43.1 Å². The number of hydrogen-bond donors (Lipinski definition) is 1. The van der Waals surface area contributed by atoms with E-state index in [-0.39, 0.29) is 11.9 Å². The van der Waals surface area contributed by atoms with Crippen LogP contribution in [-0.2, 0) is 4.79 Å². The first-order valence-electron chi connectivity index (χ1n) is 5.44. The Labute approximate surface area is 99.5 Å². The fraction of sp³-hybridized carbons (Fsp3) is 0.250. The zero-order valence-corrected chi connectivity index (χ0v) is 9.58. The van der Waals surface area contributed by atoms with Crippen LogP contribution in [0.1, 0.15) is 19.4 Å². The number of aromatic nitrogens is 3. The van der Waals surface area contributed by atoms with Gasteiger partial charge in [-0.3, -0.25) is 4.79 Å². The minimum absolute atomic E-state index is 0.0510. The molecule has 1 amide bonds. The first kappa shape index (κ1) is 11.3. The minimum Gasteiger partial charge on any atom is -0.334 e. The topological polar surface area (TPSA) is 59.8 Å². The number of nitrogens with zero attached hydrogens (tertiary/aromatic N) is 3. The summed E-state index contributed by atoms with van der Waals surface area (Å²) in [5.74, 6) is 0.528. The molecule has 17 heavy (non-hydrogen) atoms. The van der Waals surface area contributed by atoms with Gasteiger partial charge in [0.1, 0.15) is 5.82 Å². The molecule has 5 heteroatoms. The maximum atomic E-state index is 11.7. The van der Waals surface area contributed by atoms with Gasteiger partial charge >= 0.3 is 0 Å². The lowest BCUT2D eigenvalue weighted by molar-refractivity contribution is -0.116. The van der Waals surface area contributed by atoms with Gasteiger partial charge in [0.25, 0.3) is 0 Å². The molecule has 2 aromatic heterocycles. The smallest absolute Gasteiger partial charge is 0.227 e. The van der Waals surface area contributed by atoms with Crippen molar-refractivity contribution in [1.82, 2.24) is 14.5 Å². The van der Waals surface area contributed by atoms with Gasteiger partial charge in [0.2, 0.25) is 5.91 Å². The van der Waals surface area contributed by atoms with Crippen molar-refractivity contribution in [2.24, 2.45) is 0 Å². The Morgan fingerprint density at radius 1 is 1.47 bits per heavy atom. The third-order valence-corrected chi connectivity index (χ3v) is 2.45. The monoisotopic (exact) mass is 230 g/mol. The summed E-state index contributed by atoms with van der Waals surface area (Å²) >= 11 is 0. The van der Waals surface area contributed by atoms with Crippen molar-refractivity contribution in [2.45, 2.75) is 19.4 Å². The van der Waals surface area contributed by atoms with Crippen molar-refractivity contribution in [2.75, 3.05) is 5.32 Å². The Bertz CT molecular complexity index is 467. The van der Waals surface area contributed by atoms with Crippen molar-refractivity contribution >= 4 is 11.7 Å². The summed E-state index contributed by atoms with van der Waals surface area (Å²) in [5.41, 5.74) is 0. The fourth-order valence-corrected chi connectivity index (χ4v) is 1.53. The van der Waals surface area contributed by atoms with Crippen LogP contribution in [0.5, 0.6) is 0 Å². The molecule has 1 N–H and O–H groups in total. The number of rotatable bonds is 4. The summed E-state index contributed by atoms with van der Waals surface area (Å²) in [6, 6.07) is 5.49. The molecule has 1 atom stereocenters. The number of amides is 1. The molecule has 0 spiro atoms. The van der Waals surface area contributed by atoms with E-state index in [1.807, 2.05) is 29.8 Å². The van der Waals surface area contributed by atoms with Crippen LogP contribution in [0, 0.1) is 0 Å². The van der Waals surface area contributed by atoms with Crippen molar-refractivity contribution in [3.63, 3.8) is 0 Å². The molecule has 0 saturated heterocycles. The molecule has 0 aliphatic carbocycles. The second kappa shape index (κ2) is 5.25. The Hall–Kier alpha value is -2.17. The van der Waals surface area contributed by atoms with E-state index in [9.17, 15) is 4.79 Å². The molecule has 0 saturated carbocycles. The lowest BCUT2D eigenvalue weighted by atomic mass is 10.2. The molecule has 0 radical (unpaired) electrons. The van der Waals surface area contributed by atoms with Crippen LogP contribution in [0.2, 0.25) is 0 Å².